The third-order valence-corrected chi connectivity index (χ3v) is 2.24. The van der Waals surface area contributed by atoms with Gasteiger partial charge in [0.15, 0.2) is 11.5 Å². The van der Waals surface area contributed by atoms with E-state index in [1.807, 2.05) is 19.2 Å². The minimum absolute atomic E-state index is 0.374. The number of pyridine rings is 1. The number of aromatic nitrogens is 3. The van der Waals surface area contributed by atoms with Crippen molar-refractivity contribution in [1.29, 1.82) is 0 Å². The van der Waals surface area contributed by atoms with Gasteiger partial charge in [-0.3, -0.25) is 0 Å². The van der Waals surface area contributed by atoms with E-state index in [-0.39, 0.29) is 0 Å². The first-order valence-electron chi connectivity index (χ1n) is 3.92. The molecule has 68 valence electrons. The number of nitrogens with zero attached hydrogens (tertiary/aromatic N) is 3. The average molecular weight is 241 g/mol. The largest absolute Gasteiger partial charge is 0.324 e. The molecule has 0 saturated carbocycles. The van der Waals surface area contributed by atoms with Crippen molar-refractivity contribution in [3.8, 4) is 0 Å². The van der Waals surface area contributed by atoms with Crippen LogP contribution in [0.4, 0.5) is 0 Å². The fourth-order valence-electron chi connectivity index (χ4n) is 1.24. The van der Waals surface area contributed by atoms with Crippen LogP contribution in [0.25, 0.3) is 5.65 Å². The average Bonchev–Trinajstić information content (AvgIpc) is 2.47. The Morgan fingerprint density at radius 2 is 2.38 bits per heavy atom. The molecule has 2 N–H and O–H groups in total. The van der Waals surface area contributed by atoms with Gasteiger partial charge in [0.1, 0.15) is 0 Å². The molecule has 13 heavy (non-hydrogen) atoms. The molecular formula is C8H9BrN4. The van der Waals surface area contributed by atoms with Gasteiger partial charge in [0.25, 0.3) is 0 Å². The first-order chi connectivity index (χ1) is 6.20. The Morgan fingerprint density at radius 3 is 3.08 bits per heavy atom. The summed E-state index contributed by atoms with van der Waals surface area (Å²) in [6.45, 7) is 2.37. The monoisotopic (exact) mass is 240 g/mol. The van der Waals surface area contributed by atoms with Crippen LogP contribution in [0.15, 0.2) is 16.7 Å². The van der Waals surface area contributed by atoms with Gasteiger partial charge in [-0.05, 0) is 34.5 Å². The number of aryl methyl sites for hydroxylation is 1. The highest BCUT2D eigenvalue weighted by Crippen LogP contribution is 2.15. The lowest BCUT2D eigenvalue weighted by molar-refractivity contribution is 0.866. The lowest BCUT2D eigenvalue weighted by Gasteiger charge is -1.96. The first-order valence-corrected chi connectivity index (χ1v) is 4.71. The highest BCUT2D eigenvalue weighted by atomic mass is 79.9. The summed E-state index contributed by atoms with van der Waals surface area (Å²) in [5, 5.41) is 4.20. The van der Waals surface area contributed by atoms with Crippen molar-refractivity contribution in [3.05, 3.63) is 28.1 Å². The predicted molar refractivity (Wildman–Crippen MR) is 53.3 cm³/mol. The van der Waals surface area contributed by atoms with E-state index < -0.39 is 0 Å². The highest BCUT2D eigenvalue weighted by molar-refractivity contribution is 9.10. The Bertz CT molecular complexity index is 449. The summed E-state index contributed by atoms with van der Waals surface area (Å²) in [6.07, 6.45) is 1.87. The van der Waals surface area contributed by atoms with Crippen LogP contribution in [0.5, 0.6) is 0 Å². The Morgan fingerprint density at radius 1 is 1.62 bits per heavy atom. The molecular weight excluding hydrogens is 232 g/mol. The lowest BCUT2D eigenvalue weighted by atomic mass is 10.3. The molecule has 5 heteroatoms. The van der Waals surface area contributed by atoms with Crippen LogP contribution in [0, 0.1) is 6.92 Å². The maximum Gasteiger partial charge on any atom is 0.165 e. The fraction of sp³-hybridized carbons (Fsp3) is 0.250. The van der Waals surface area contributed by atoms with Gasteiger partial charge in [0.2, 0.25) is 0 Å². The third-order valence-electron chi connectivity index (χ3n) is 1.81. The third kappa shape index (κ3) is 1.45. The van der Waals surface area contributed by atoms with Crippen LogP contribution < -0.4 is 5.73 Å². The summed E-state index contributed by atoms with van der Waals surface area (Å²) in [7, 11) is 0. The van der Waals surface area contributed by atoms with Crippen molar-refractivity contribution in [3.63, 3.8) is 0 Å². The molecule has 2 aromatic heterocycles. The van der Waals surface area contributed by atoms with E-state index in [0.29, 0.717) is 12.4 Å². The Hall–Kier alpha value is -0.940. The maximum absolute atomic E-state index is 5.45. The van der Waals surface area contributed by atoms with Gasteiger partial charge >= 0.3 is 0 Å². The minimum Gasteiger partial charge on any atom is -0.324 e. The van der Waals surface area contributed by atoms with Crippen LogP contribution >= 0.6 is 15.9 Å². The van der Waals surface area contributed by atoms with E-state index in [4.69, 9.17) is 5.73 Å². The Labute approximate surface area is 83.9 Å². The molecule has 0 aliphatic rings. The van der Waals surface area contributed by atoms with E-state index in [2.05, 4.69) is 26.0 Å². The molecule has 0 unspecified atom stereocenters. The molecule has 2 aromatic rings. The van der Waals surface area contributed by atoms with Gasteiger partial charge in [-0.25, -0.2) is 9.50 Å². The summed E-state index contributed by atoms with van der Waals surface area (Å²) in [5.74, 6) is 0.668. The molecule has 0 aliphatic carbocycles. The van der Waals surface area contributed by atoms with Gasteiger partial charge in [0, 0.05) is 10.7 Å². The van der Waals surface area contributed by atoms with E-state index in [1.165, 1.54) is 0 Å². The standard InChI is InChI=1S/C8H9BrN4/c1-5-2-6(9)4-13-8(5)11-7(3-10)12-13/h2,4H,3,10H2,1H3. The molecule has 0 fully saturated rings. The van der Waals surface area contributed by atoms with Crippen molar-refractivity contribution in [2.75, 3.05) is 0 Å². The molecule has 2 heterocycles. The van der Waals surface area contributed by atoms with E-state index in [0.717, 1.165) is 15.7 Å². The summed E-state index contributed by atoms with van der Waals surface area (Å²) in [6, 6.07) is 2.00. The molecule has 0 bridgehead atoms. The van der Waals surface area contributed by atoms with Crippen LogP contribution in [-0.4, -0.2) is 14.6 Å². The first kappa shape index (κ1) is 8.65. The van der Waals surface area contributed by atoms with Crippen molar-refractivity contribution in [1.82, 2.24) is 14.6 Å². The molecule has 0 saturated heterocycles. The quantitative estimate of drug-likeness (QED) is 0.817. The van der Waals surface area contributed by atoms with Crippen LogP contribution in [0.2, 0.25) is 0 Å². The van der Waals surface area contributed by atoms with Gasteiger partial charge in [-0.2, -0.15) is 0 Å². The number of halogens is 1. The zero-order chi connectivity index (χ0) is 9.42. The van der Waals surface area contributed by atoms with E-state index in [1.54, 1.807) is 4.52 Å². The van der Waals surface area contributed by atoms with Gasteiger partial charge in [-0.1, -0.05) is 0 Å². The maximum atomic E-state index is 5.45. The van der Waals surface area contributed by atoms with Crippen LogP contribution in [-0.2, 0) is 6.54 Å². The summed E-state index contributed by atoms with van der Waals surface area (Å²) in [4.78, 5) is 4.28. The molecule has 0 amide bonds. The molecule has 4 nitrogen and oxygen atoms in total. The number of hydrogen-bond donors (Lipinski definition) is 1. The van der Waals surface area contributed by atoms with Crippen LogP contribution in [0.3, 0.4) is 0 Å². The van der Waals surface area contributed by atoms with Gasteiger partial charge < -0.3 is 5.73 Å². The van der Waals surface area contributed by atoms with E-state index in [9.17, 15) is 0 Å². The smallest absolute Gasteiger partial charge is 0.165 e. The topological polar surface area (TPSA) is 56.2 Å². The Balaban J connectivity index is 2.75. The summed E-state index contributed by atoms with van der Waals surface area (Å²) in [5.41, 5.74) is 7.40. The second kappa shape index (κ2) is 3.08. The molecule has 0 radical (unpaired) electrons. The normalized spacial score (nSPS) is 11.0. The molecule has 2 rings (SSSR count). The number of nitrogens with two attached hydrogens (primary N) is 1. The van der Waals surface area contributed by atoms with Crippen molar-refractivity contribution >= 4 is 21.6 Å². The Kier molecular flexibility index (Phi) is 2.05. The van der Waals surface area contributed by atoms with Crippen molar-refractivity contribution in [2.24, 2.45) is 5.73 Å². The fourth-order valence-corrected chi connectivity index (χ4v) is 1.78. The molecule has 0 atom stereocenters. The minimum atomic E-state index is 0.374. The summed E-state index contributed by atoms with van der Waals surface area (Å²) >= 11 is 3.39. The van der Waals surface area contributed by atoms with Crippen LogP contribution in [0.1, 0.15) is 11.4 Å². The molecule has 0 spiro atoms. The number of fused-ring (bicyclic) bond motifs is 1. The zero-order valence-corrected chi connectivity index (χ0v) is 8.74. The van der Waals surface area contributed by atoms with Gasteiger partial charge in [-0.15, -0.1) is 5.10 Å². The second-order valence-corrected chi connectivity index (χ2v) is 3.76. The summed E-state index contributed by atoms with van der Waals surface area (Å²) < 4.78 is 2.73. The van der Waals surface area contributed by atoms with Crippen molar-refractivity contribution in [2.45, 2.75) is 13.5 Å². The van der Waals surface area contributed by atoms with Crippen molar-refractivity contribution < 1.29 is 0 Å². The molecule has 0 aliphatic heterocycles. The second-order valence-electron chi connectivity index (χ2n) is 2.84. The lowest BCUT2D eigenvalue weighted by Crippen LogP contribution is -1.98. The number of rotatable bonds is 1. The number of hydrogen-bond acceptors (Lipinski definition) is 3. The SMILES string of the molecule is Cc1cc(Br)cn2nc(CN)nc12. The molecule has 0 aromatic carbocycles. The highest BCUT2D eigenvalue weighted by Gasteiger charge is 2.04. The predicted octanol–water partition coefficient (Wildman–Crippen LogP) is 1.26. The zero-order valence-electron chi connectivity index (χ0n) is 7.16. The van der Waals surface area contributed by atoms with E-state index >= 15 is 0 Å². The van der Waals surface area contributed by atoms with Gasteiger partial charge in [0.05, 0.1) is 6.54 Å².